The Morgan fingerprint density at radius 2 is 2.05 bits per heavy atom. The minimum atomic E-state index is -0.190. The molecule has 1 radical (unpaired) electrons. The van der Waals surface area contributed by atoms with E-state index in [1.165, 1.54) is 18.9 Å². The van der Waals surface area contributed by atoms with Gasteiger partial charge < -0.3 is 7.43 Å². The summed E-state index contributed by atoms with van der Waals surface area (Å²) in [6.07, 6.45) is 5.05. The molecule has 0 amide bonds. The van der Waals surface area contributed by atoms with E-state index in [1.54, 1.807) is 0 Å². The molecular formula is C16H24O2WY-2. The first kappa shape index (κ1) is 20.9. The minimum absolute atomic E-state index is 0. The van der Waals surface area contributed by atoms with Gasteiger partial charge in [-0.2, -0.15) is 0 Å². The summed E-state index contributed by atoms with van der Waals surface area (Å²) >= 11 is 1.08. The first-order valence-electron chi connectivity index (χ1n) is 6.58. The van der Waals surface area contributed by atoms with E-state index in [4.69, 9.17) is 11.3 Å². The monoisotopic (exact) mass is 521 g/mol. The van der Waals surface area contributed by atoms with Crippen LogP contribution >= 0.6 is 0 Å². The molecular weight excluding hydrogens is 497 g/mol. The molecule has 1 fully saturated rings. The number of hydrogen-bond acceptors (Lipinski definition) is 2. The fourth-order valence-corrected chi connectivity index (χ4v) is 4.42. The summed E-state index contributed by atoms with van der Waals surface area (Å²) in [6, 6.07) is 0. The van der Waals surface area contributed by atoms with Crippen molar-refractivity contribution in [1.82, 2.24) is 0 Å². The van der Waals surface area contributed by atoms with Gasteiger partial charge in [-0.1, -0.05) is 0 Å². The Hall–Kier alpha value is 0.902. The van der Waals surface area contributed by atoms with Crippen molar-refractivity contribution in [2.45, 2.75) is 45.6 Å². The van der Waals surface area contributed by atoms with Gasteiger partial charge in [0.2, 0.25) is 0 Å². The van der Waals surface area contributed by atoms with Gasteiger partial charge in [0.05, 0.1) is 0 Å². The van der Waals surface area contributed by atoms with Crippen molar-refractivity contribution < 1.29 is 61.9 Å². The van der Waals surface area contributed by atoms with Crippen LogP contribution in [0.15, 0.2) is 17.4 Å². The third-order valence-corrected chi connectivity index (χ3v) is 5.19. The number of rotatable bonds is 2. The van der Waals surface area contributed by atoms with Crippen molar-refractivity contribution in [2.24, 2.45) is 17.8 Å². The number of hydrogen-bond donors (Lipinski definition) is 1. The van der Waals surface area contributed by atoms with Gasteiger partial charge in [-0.25, -0.2) is 0 Å². The standard InChI is InChI=1S/C15H21O2.CH3.W.Y/c1-5-14-12(9-16)11-8-10(2)6-7-13(11)15(3,4)17-14;;;/h1,5,10-11,13,16H,6-8H2,2-4H3;1H3;;/q2*-1;;. The molecule has 0 spiro atoms. The number of aliphatic hydroxyl groups is 1. The van der Waals surface area contributed by atoms with Crippen LogP contribution in [-0.2, 0) is 56.8 Å². The molecule has 0 aromatic carbocycles. The predicted molar refractivity (Wildman–Crippen MR) is 74.4 cm³/mol. The SMILES string of the molecule is [CH-]=CC1=C([C](O)=[W])C2CC(C)CCC2C(C)(C)O1.[CH3-].[Y]. The van der Waals surface area contributed by atoms with E-state index >= 15 is 0 Å². The Kier molecular flexibility index (Phi) is 8.31. The second-order valence-corrected chi connectivity index (χ2v) is 7.48. The maximum atomic E-state index is 10.0. The normalized spacial score (nSPS) is 31.1. The molecule has 3 unspecified atom stereocenters. The van der Waals surface area contributed by atoms with Crippen LogP contribution in [0.4, 0.5) is 0 Å². The molecule has 0 saturated heterocycles. The van der Waals surface area contributed by atoms with Gasteiger partial charge in [0.1, 0.15) is 0 Å². The summed E-state index contributed by atoms with van der Waals surface area (Å²) in [7, 11) is 0. The van der Waals surface area contributed by atoms with Gasteiger partial charge in [0.15, 0.2) is 0 Å². The zero-order valence-corrected chi connectivity index (χ0v) is 18.6. The summed E-state index contributed by atoms with van der Waals surface area (Å²) < 4.78 is 6.47. The summed E-state index contributed by atoms with van der Waals surface area (Å²) in [5.41, 5.74) is 0.771. The molecule has 3 atom stereocenters. The predicted octanol–water partition coefficient (Wildman–Crippen LogP) is 3.59. The Balaban J connectivity index is 0.00000180. The molecule has 1 heterocycles. The van der Waals surface area contributed by atoms with Gasteiger partial charge >= 0.3 is 121 Å². The van der Waals surface area contributed by atoms with Crippen LogP contribution in [0.1, 0.15) is 40.0 Å². The van der Waals surface area contributed by atoms with Gasteiger partial charge in [-0.05, 0) is 0 Å². The quantitative estimate of drug-likeness (QED) is 0.564. The van der Waals surface area contributed by atoms with Gasteiger partial charge in [-0.15, -0.1) is 0 Å². The van der Waals surface area contributed by atoms with Crippen LogP contribution in [0.3, 0.4) is 0 Å². The van der Waals surface area contributed by atoms with Crippen LogP contribution < -0.4 is 0 Å². The third-order valence-electron chi connectivity index (χ3n) is 4.40. The number of aliphatic hydroxyl groups excluding tert-OH is 1. The molecule has 1 aliphatic heterocycles. The third kappa shape index (κ3) is 4.00. The van der Waals surface area contributed by atoms with Gasteiger partial charge in [-0.3, -0.25) is 0 Å². The van der Waals surface area contributed by atoms with Crippen molar-refractivity contribution in [3.8, 4) is 0 Å². The number of ether oxygens (including phenoxy) is 1. The molecule has 1 aliphatic carbocycles. The maximum absolute atomic E-state index is 10.0. The van der Waals surface area contributed by atoms with E-state index in [9.17, 15) is 5.11 Å². The number of allylic oxidation sites excluding steroid dienone is 1. The molecule has 2 nitrogen and oxygen atoms in total. The zero-order chi connectivity index (χ0) is 13.5. The van der Waals surface area contributed by atoms with Crippen LogP contribution in [-0.4, -0.2) is 14.8 Å². The van der Waals surface area contributed by atoms with E-state index < -0.39 is 0 Å². The van der Waals surface area contributed by atoms with Gasteiger partial charge in [0, 0.05) is 32.7 Å². The molecule has 0 aromatic rings. The molecule has 111 valence electrons. The van der Waals surface area contributed by atoms with Crippen LogP contribution in [0.5, 0.6) is 0 Å². The molecule has 1 N–H and O–H groups in total. The van der Waals surface area contributed by atoms with Crippen LogP contribution in [0, 0.1) is 31.8 Å². The van der Waals surface area contributed by atoms with Crippen LogP contribution in [0.25, 0.3) is 0 Å². The van der Waals surface area contributed by atoms with E-state index in [-0.39, 0.29) is 45.7 Å². The summed E-state index contributed by atoms with van der Waals surface area (Å²) in [5.74, 6) is 2.27. The topological polar surface area (TPSA) is 29.5 Å². The Morgan fingerprint density at radius 1 is 1.45 bits per heavy atom. The van der Waals surface area contributed by atoms with Crippen LogP contribution in [0.2, 0.25) is 0 Å². The number of fused-ring (bicyclic) bond motifs is 1. The summed E-state index contributed by atoms with van der Waals surface area (Å²) in [5, 5.41) is 10.0. The fraction of sp³-hybridized carbons (Fsp3) is 0.625. The largest absolute Gasteiger partial charge is 0.358 e. The van der Waals surface area contributed by atoms with E-state index in [1.807, 2.05) is 0 Å². The van der Waals surface area contributed by atoms with E-state index in [0.29, 0.717) is 27.6 Å². The second kappa shape index (κ2) is 7.95. The summed E-state index contributed by atoms with van der Waals surface area (Å²) in [6.45, 7) is 12.3. The van der Waals surface area contributed by atoms with Crippen molar-refractivity contribution >= 4 is 4.08 Å². The van der Waals surface area contributed by atoms with Crippen molar-refractivity contribution in [1.29, 1.82) is 0 Å². The Labute approximate surface area is 159 Å². The molecule has 0 aromatic heterocycles. The first-order chi connectivity index (χ1) is 8.36. The van der Waals surface area contributed by atoms with Crippen molar-refractivity contribution in [2.75, 3.05) is 0 Å². The molecule has 20 heavy (non-hydrogen) atoms. The molecule has 2 rings (SSSR count). The average molecular weight is 521 g/mol. The Bertz CT molecular complexity index is 415. The molecule has 2 aliphatic rings. The summed E-state index contributed by atoms with van der Waals surface area (Å²) in [4.78, 5) is 0. The molecule has 4 heteroatoms. The zero-order valence-electron chi connectivity index (χ0n) is 12.8. The molecule has 0 bridgehead atoms. The maximum Gasteiger partial charge on any atom is 0 e. The smallest absolute Gasteiger partial charge is 0 e. The Morgan fingerprint density at radius 3 is 2.55 bits per heavy atom. The van der Waals surface area contributed by atoms with E-state index in [2.05, 4.69) is 20.8 Å². The average Bonchev–Trinajstić information content (AvgIpc) is 2.26. The van der Waals surface area contributed by atoms with Crippen molar-refractivity contribution in [3.05, 3.63) is 31.4 Å². The first-order valence-corrected chi connectivity index (χ1v) is 8.05. The van der Waals surface area contributed by atoms with E-state index in [0.717, 1.165) is 31.3 Å². The molecule has 1 saturated carbocycles. The van der Waals surface area contributed by atoms with Gasteiger partial charge in [0.25, 0.3) is 0 Å². The fourth-order valence-electron chi connectivity index (χ4n) is 3.52. The second-order valence-electron chi connectivity index (χ2n) is 6.09. The minimum Gasteiger partial charge on any atom is -0.358 e. The van der Waals surface area contributed by atoms with Crippen molar-refractivity contribution in [3.63, 3.8) is 0 Å².